The monoisotopic (exact) mass is 444 g/mol. The summed E-state index contributed by atoms with van der Waals surface area (Å²) in [5, 5.41) is 10.8. The first-order valence-corrected chi connectivity index (χ1v) is 11.8. The normalized spacial score (nSPS) is 21.9. The van der Waals surface area contributed by atoms with Crippen LogP contribution in [0.4, 0.5) is 5.69 Å². The molecule has 0 amide bonds. The molecule has 5 rings (SSSR count). The van der Waals surface area contributed by atoms with Gasteiger partial charge in [-0.25, -0.2) is 0 Å². The molecule has 2 aliphatic rings. The second kappa shape index (κ2) is 10.3. The molecule has 0 saturated carbocycles. The van der Waals surface area contributed by atoms with Crippen LogP contribution in [-0.2, 0) is 13.2 Å². The van der Waals surface area contributed by atoms with Gasteiger partial charge in [0.1, 0.15) is 12.4 Å². The summed E-state index contributed by atoms with van der Waals surface area (Å²) in [5.74, 6) is 0.865. The number of β-amino-alcohol motifs (C(OH)–C–C–N with tert-alkyl or cyclic N) is 1. The highest BCUT2D eigenvalue weighted by Gasteiger charge is 2.36. The number of aliphatic hydroxyl groups is 1. The maximum absolute atomic E-state index is 10.8. The van der Waals surface area contributed by atoms with Gasteiger partial charge in [0.2, 0.25) is 0 Å². The molecule has 2 aromatic carbocycles. The standard InChI is InChI=1S/C27H32N4O2/c32-27-20-29(18-22-6-4-10-25(16-22)33-21-23-7-5-11-28-17-23)19-26(27)31-14-12-30(13-15-31)24-8-2-1-3-9-24/h1-11,16-17,26-27,32H,12-15,18-21H2/t26-,27-/m0/s1. The molecule has 1 N–H and O–H groups in total. The van der Waals surface area contributed by atoms with E-state index in [2.05, 4.69) is 62.1 Å². The summed E-state index contributed by atoms with van der Waals surface area (Å²) in [7, 11) is 0. The smallest absolute Gasteiger partial charge is 0.120 e. The fourth-order valence-corrected chi connectivity index (χ4v) is 4.93. The highest BCUT2D eigenvalue weighted by Crippen LogP contribution is 2.23. The molecule has 1 aromatic heterocycles. The van der Waals surface area contributed by atoms with Crippen LogP contribution >= 0.6 is 0 Å². The van der Waals surface area contributed by atoms with Crippen molar-refractivity contribution in [3.63, 3.8) is 0 Å². The second-order valence-corrected chi connectivity index (χ2v) is 8.98. The van der Waals surface area contributed by atoms with E-state index in [1.54, 1.807) is 6.20 Å². The Bertz CT molecular complexity index is 1010. The molecule has 172 valence electrons. The average molecular weight is 445 g/mol. The third kappa shape index (κ3) is 5.53. The largest absolute Gasteiger partial charge is 0.489 e. The summed E-state index contributed by atoms with van der Waals surface area (Å²) < 4.78 is 5.96. The summed E-state index contributed by atoms with van der Waals surface area (Å²) in [6.45, 7) is 6.92. The van der Waals surface area contributed by atoms with Crippen LogP contribution in [0, 0.1) is 0 Å². The van der Waals surface area contributed by atoms with Gasteiger partial charge < -0.3 is 14.7 Å². The molecule has 0 aliphatic carbocycles. The lowest BCUT2D eigenvalue weighted by molar-refractivity contribution is 0.0791. The van der Waals surface area contributed by atoms with Crippen molar-refractivity contribution in [1.82, 2.24) is 14.8 Å². The predicted octanol–water partition coefficient (Wildman–Crippen LogP) is 3.03. The van der Waals surface area contributed by atoms with Crippen molar-refractivity contribution in [2.45, 2.75) is 25.3 Å². The Morgan fingerprint density at radius 1 is 0.879 bits per heavy atom. The van der Waals surface area contributed by atoms with E-state index in [-0.39, 0.29) is 12.1 Å². The Kier molecular flexibility index (Phi) is 6.86. The van der Waals surface area contributed by atoms with Gasteiger partial charge in [-0.15, -0.1) is 0 Å². The van der Waals surface area contributed by atoms with Crippen LogP contribution in [0.2, 0.25) is 0 Å². The number of pyridine rings is 1. The zero-order chi connectivity index (χ0) is 22.5. The summed E-state index contributed by atoms with van der Waals surface area (Å²) in [5.41, 5.74) is 3.55. The molecule has 2 atom stereocenters. The molecule has 0 radical (unpaired) electrons. The number of para-hydroxylation sites is 1. The van der Waals surface area contributed by atoms with Gasteiger partial charge in [-0.05, 0) is 35.9 Å². The third-order valence-corrected chi connectivity index (χ3v) is 6.67. The molecular weight excluding hydrogens is 412 g/mol. The summed E-state index contributed by atoms with van der Waals surface area (Å²) in [6.07, 6.45) is 3.29. The van der Waals surface area contributed by atoms with Gasteiger partial charge >= 0.3 is 0 Å². The number of hydrogen-bond acceptors (Lipinski definition) is 6. The lowest BCUT2D eigenvalue weighted by Gasteiger charge is -2.39. The number of hydrogen-bond donors (Lipinski definition) is 1. The Hall–Kier alpha value is -2.93. The van der Waals surface area contributed by atoms with Gasteiger partial charge in [-0.3, -0.25) is 14.8 Å². The van der Waals surface area contributed by atoms with Crippen LogP contribution in [-0.4, -0.2) is 71.3 Å². The molecule has 3 aromatic rings. The first kappa shape index (κ1) is 21.9. The first-order valence-electron chi connectivity index (χ1n) is 11.8. The second-order valence-electron chi connectivity index (χ2n) is 8.98. The van der Waals surface area contributed by atoms with E-state index >= 15 is 0 Å². The van der Waals surface area contributed by atoms with Crippen LogP contribution in [0.15, 0.2) is 79.1 Å². The predicted molar refractivity (Wildman–Crippen MR) is 130 cm³/mol. The topological polar surface area (TPSA) is 52.1 Å². The van der Waals surface area contributed by atoms with Crippen LogP contribution in [0.1, 0.15) is 11.1 Å². The fourth-order valence-electron chi connectivity index (χ4n) is 4.93. The maximum Gasteiger partial charge on any atom is 0.120 e. The van der Waals surface area contributed by atoms with Gasteiger partial charge in [0.05, 0.1) is 6.10 Å². The van der Waals surface area contributed by atoms with Gasteiger partial charge in [-0.2, -0.15) is 0 Å². The highest BCUT2D eigenvalue weighted by atomic mass is 16.5. The number of likely N-dealkylation sites (tertiary alicyclic amines) is 1. The first-order chi connectivity index (χ1) is 16.2. The van der Waals surface area contributed by atoms with E-state index in [9.17, 15) is 5.11 Å². The number of ether oxygens (including phenoxy) is 1. The van der Waals surface area contributed by atoms with Crippen molar-refractivity contribution in [1.29, 1.82) is 0 Å². The van der Waals surface area contributed by atoms with E-state index in [1.807, 2.05) is 30.5 Å². The Morgan fingerprint density at radius 3 is 2.48 bits per heavy atom. The van der Waals surface area contributed by atoms with Crippen LogP contribution in [0.5, 0.6) is 5.75 Å². The molecule has 0 spiro atoms. The van der Waals surface area contributed by atoms with Crippen molar-refractivity contribution in [3.05, 3.63) is 90.3 Å². The van der Waals surface area contributed by atoms with E-state index in [1.165, 1.54) is 11.3 Å². The summed E-state index contributed by atoms with van der Waals surface area (Å²) >= 11 is 0. The van der Waals surface area contributed by atoms with Crippen molar-refractivity contribution >= 4 is 5.69 Å². The highest BCUT2D eigenvalue weighted by molar-refractivity contribution is 5.46. The molecule has 0 unspecified atom stereocenters. The fraction of sp³-hybridized carbons (Fsp3) is 0.370. The van der Waals surface area contributed by atoms with Crippen LogP contribution < -0.4 is 9.64 Å². The van der Waals surface area contributed by atoms with Gasteiger partial charge in [0, 0.05) is 75.5 Å². The molecular formula is C27H32N4O2. The summed E-state index contributed by atoms with van der Waals surface area (Å²) in [6, 6.07) is 23.0. The van der Waals surface area contributed by atoms with Gasteiger partial charge in [0.15, 0.2) is 0 Å². The minimum Gasteiger partial charge on any atom is -0.489 e. The average Bonchev–Trinajstić information content (AvgIpc) is 3.24. The molecule has 2 saturated heterocycles. The van der Waals surface area contributed by atoms with E-state index in [0.29, 0.717) is 13.2 Å². The molecule has 0 bridgehead atoms. The number of aromatic nitrogens is 1. The Balaban J connectivity index is 1.13. The van der Waals surface area contributed by atoms with E-state index < -0.39 is 0 Å². The lowest BCUT2D eigenvalue weighted by Crippen LogP contribution is -2.53. The number of anilines is 1. The van der Waals surface area contributed by atoms with Gasteiger partial charge in [-0.1, -0.05) is 36.4 Å². The molecule has 2 fully saturated rings. The molecule has 33 heavy (non-hydrogen) atoms. The van der Waals surface area contributed by atoms with E-state index in [4.69, 9.17) is 4.74 Å². The summed E-state index contributed by atoms with van der Waals surface area (Å²) in [4.78, 5) is 11.4. The minimum absolute atomic E-state index is 0.202. The molecule has 2 aliphatic heterocycles. The molecule has 6 nitrogen and oxygen atoms in total. The zero-order valence-corrected chi connectivity index (χ0v) is 19.0. The van der Waals surface area contributed by atoms with E-state index in [0.717, 1.165) is 50.6 Å². The molecule has 6 heteroatoms. The van der Waals surface area contributed by atoms with Crippen LogP contribution in [0.25, 0.3) is 0 Å². The van der Waals surface area contributed by atoms with Crippen molar-refractivity contribution in [2.75, 3.05) is 44.2 Å². The number of nitrogens with zero attached hydrogens (tertiary/aromatic N) is 4. The maximum atomic E-state index is 10.8. The lowest BCUT2D eigenvalue weighted by atomic mass is 10.1. The zero-order valence-electron chi connectivity index (χ0n) is 19.0. The van der Waals surface area contributed by atoms with Crippen LogP contribution in [0.3, 0.4) is 0 Å². The quantitative estimate of drug-likeness (QED) is 0.605. The Morgan fingerprint density at radius 2 is 1.70 bits per heavy atom. The minimum atomic E-state index is -0.307. The van der Waals surface area contributed by atoms with Crippen molar-refractivity contribution in [2.24, 2.45) is 0 Å². The van der Waals surface area contributed by atoms with Crippen molar-refractivity contribution in [3.8, 4) is 5.75 Å². The SMILES string of the molecule is O[C@H]1CN(Cc2cccc(OCc3cccnc3)c2)C[C@@H]1N1CCN(c2ccccc2)CC1. The van der Waals surface area contributed by atoms with Crippen molar-refractivity contribution < 1.29 is 9.84 Å². The third-order valence-electron chi connectivity index (χ3n) is 6.67. The number of aliphatic hydroxyl groups excluding tert-OH is 1. The Labute approximate surface area is 196 Å². The van der Waals surface area contributed by atoms with Gasteiger partial charge in [0.25, 0.3) is 0 Å². The molecule has 3 heterocycles. The number of benzene rings is 2. The number of piperazine rings is 1. The number of rotatable bonds is 7.